The van der Waals surface area contributed by atoms with Crippen LogP contribution in [0.15, 0.2) is 24.3 Å². The fourth-order valence-electron chi connectivity index (χ4n) is 1.02. The first-order chi connectivity index (χ1) is 7.17. The van der Waals surface area contributed by atoms with Gasteiger partial charge in [0.05, 0.1) is 14.2 Å². The monoisotopic (exact) mass is 208 g/mol. The Morgan fingerprint density at radius 2 is 2.13 bits per heavy atom. The minimum Gasteiger partial charge on any atom is -0.507 e. The van der Waals surface area contributed by atoms with E-state index in [1.54, 1.807) is 12.1 Å². The maximum atomic E-state index is 10.8. The predicted molar refractivity (Wildman–Crippen MR) is 55.7 cm³/mol. The van der Waals surface area contributed by atoms with Crippen LogP contribution in [0.1, 0.15) is 5.56 Å². The largest absolute Gasteiger partial charge is 0.507 e. The van der Waals surface area contributed by atoms with Crippen molar-refractivity contribution in [3.8, 4) is 11.5 Å². The number of hydrogen-bond acceptors (Lipinski definition) is 4. The third-order valence-electron chi connectivity index (χ3n) is 1.84. The number of hydrogen-bond donors (Lipinski definition) is 1. The van der Waals surface area contributed by atoms with Crippen molar-refractivity contribution in [2.75, 3.05) is 14.2 Å². The highest BCUT2D eigenvalue weighted by molar-refractivity contribution is 5.87. The van der Waals surface area contributed by atoms with Crippen LogP contribution in [-0.2, 0) is 9.53 Å². The van der Waals surface area contributed by atoms with Crippen molar-refractivity contribution in [2.24, 2.45) is 0 Å². The maximum Gasteiger partial charge on any atom is 0.330 e. The molecule has 0 aliphatic rings. The molecule has 0 bridgehead atoms. The Morgan fingerprint density at radius 3 is 2.67 bits per heavy atom. The van der Waals surface area contributed by atoms with Gasteiger partial charge >= 0.3 is 5.97 Å². The van der Waals surface area contributed by atoms with Crippen molar-refractivity contribution in [2.45, 2.75) is 0 Å². The molecule has 0 unspecified atom stereocenters. The molecule has 1 aromatic carbocycles. The van der Waals surface area contributed by atoms with Crippen LogP contribution >= 0.6 is 0 Å². The molecule has 0 fully saturated rings. The summed E-state index contributed by atoms with van der Waals surface area (Å²) in [5.74, 6) is 0.141. The second kappa shape index (κ2) is 5.05. The number of carbonyl (C=O) groups is 1. The molecule has 0 aliphatic carbocycles. The van der Waals surface area contributed by atoms with Crippen LogP contribution in [0.4, 0.5) is 0 Å². The summed E-state index contributed by atoms with van der Waals surface area (Å²) in [7, 11) is 2.80. The minimum atomic E-state index is -0.467. The third-order valence-corrected chi connectivity index (χ3v) is 1.84. The molecule has 0 spiro atoms. The lowest BCUT2D eigenvalue weighted by Crippen LogP contribution is -1.93. The van der Waals surface area contributed by atoms with Gasteiger partial charge in [-0.15, -0.1) is 0 Å². The van der Waals surface area contributed by atoms with Gasteiger partial charge in [0.25, 0.3) is 0 Å². The van der Waals surface area contributed by atoms with E-state index < -0.39 is 5.97 Å². The summed E-state index contributed by atoms with van der Waals surface area (Å²) in [6.45, 7) is 0. The summed E-state index contributed by atoms with van der Waals surface area (Å²) in [5.41, 5.74) is 0.529. The zero-order valence-corrected chi connectivity index (χ0v) is 8.56. The number of methoxy groups -OCH3 is 2. The Balaban J connectivity index is 2.87. The molecular formula is C11H12O4. The van der Waals surface area contributed by atoms with Gasteiger partial charge in [0, 0.05) is 17.7 Å². The maximum absolute atomic E-state index is 10.8. The lowest BCUT2D eigenvalue weighted by molar-refractivity contribution is -0.134. The first kappa shape index (κ1) is 11.1. The third kappa shape index (κ3) is 3.02. The molecule has 1 rings (SSSR count). The number of esters is 1. The zero-order valence-electron chi connectivity index (χ0n) is 8.56. The highest BCUT2D eigenvalue weighted by atomic mass is 16.5. The number of benzene rings is 1. The summed E-state index contributed by atoms with van der Waals surface area (Å²) >= 11 is 0. The van der Waals surface area contributed by atoms with Crippen LogP contribution in [0.2, 0.25) is 0 Å². The van der Waals surface area contributed by atoms with Crippen LogP contribution < -0.4 is 4.74 Å². The number of rotatable bonds is 3. The van der Waals surface area contributed by atoms with E-state index in [1.165, 1.54) is 32.4 Å². The van der Waals surface area contributed by atoms with Gasteiger partial charge in [-0.05, 0) is 18.2 Å². The van der Waals surface area contributed by atoms with Crippen molar-refractivity contribution in [3.63, 3.8) is 0 Å². The van der Waals surface area contributed by atoms with Crippen LogP contribution in [-0.4, -0.2) is 25.3 Å². The Morgan fingerprint density at radius 1 is 1.40 bits per heavy atom. The molecule has 1 N–H and O–H groups in total. The lowest BCUT2D eigenvalue weighted by Gasteiger charge is -2.02. The number of aromatic hydroxyl groups is 1. The predicted octanol–water partition coefficient (Wildman–Crippen LogP) is 1.59. The van der Waals surface area contributed by atoms with Gasteiger partial charge < -0.3 is 14.6 Å². The molecule has 15 heavy (non-hydrogen) atoms. The second-order valence-electron chi connectivity index (χ2n) is 2.78. The molecule has 1 aromatic rings. The molecule has 80 valence electrons. The molecule has 0 saturated heterocycles. The van der Waals surface area contributed by atoms with Crippen LogP contribution in [0.5, 0.6) is 11.5 Å². The first-order valence-electron chi connectivity index (χ1n) is 4.30. The molecule has 0 amide bonds. The summed E-state index contributed by atoms with van der Waals surface area (Å²) in [4.78, 5) is 10.8. The van der Waals surface area contributed by atoms with E-state index in [0.29, 0.717) is 11.3 Å². The van der Waals surface area contributed by atoms with Crippen molar-refractivity contribution in [1.29, 1.82) is 0 Å². The average molecular weight is 208 g/mol. The van der Waals surface area contributed by atoms with E-state index in [4.69, 9.17) is 4.74 Å². The van der Waals surface area contributed by atoms with Crippen molar-refractivity contribution < 1.29 is 19.4 Å². The highest BCUT2D eigenvalue weighted by Gasteiger charge is 2.00. The van der Waals surface area contributed by atoms with Gasteiger partial charge in [-0.3, -0.25) is 0 Å². The molecule has 4 nitrogen and oxygen atoms in total. The summed E-state index contributed by atoms with van der Waals surface area (Å²) in [6.07, 6.45) is 2.71. The molecular weight excluding hydrogens is 196 g/mol. The zero-order chi connectivity index (χ0) is 11.3. The van der Waals surface area contributed by atoms with Gasteiger partial charge in [0.15, 0.2) is 0 Å². The smallest absolute Gasteiger partial charge is 0.330 e. The number of ether oxygens (including phenoxy) is 2. The quantitative estimate of drug-likeness (QED) is 0.605. The van der Waals surface area contributed by atoms with E-state index >= 15 is 0 Å². The Labute approximate surface area is 87.7 Å². The highest BCUT2D eigenvalue weighted by Crippen LogP contribution is 2.24. The van der Waals surface area contributed by atoms with E-state index in [9.17, 15) is 9.90 Å². The molecule has 0 heterocycles. The number of carbonyl (C=O) groups excluding carboxylic acids is 1. The molecule has 4 heteroatoms. The Hall–Kier alpha value is -1.97. The van der Waals surface area contributed by atoms with Gasteiger partial charge in [0.2, 0.25) is 0 Å². The number of phenols is 1. The molecule has 0 aromatic heterocycles. The van der Waals surface area contributed by atoms with Crippen molar-refractivity contribution in [3.05, 3.63) is 29.8 Å². The lowest BCUT2D eigenvalue weighted by atomic mass is 10.2. The topological polar surface area (TPSA) is 55.8 Å². The van der Waals surface area contributed by atoms with Crippen LogP contribution in [0.25, 0.3) is 6.08 Å². The summed E-state index contributed by atoms with van der Waals surface area (Å²) in [5, 5.41) is 9.52. The van der Waals surface area contributed by atoms with E-state index in [1.807, 2.05) is 0 Å². The molecule has 0 aliphatic heterocycles. The standard InChI is InChI=1S/C11H12O4/c1-14-9-5-3-8(10(12)7-9)4-6-11(13)15-2/h3-7,12H,1-2H3. The summed E-state index contributed by atoms with van der Waals surface area (Å²) in [6, 6.07) is 4.81. The second-order valence-corrected chi connectivity index (χ2v) is 2.78. The first-order valence-corrected chi connectivity index (χ1v) is 4.30. The van der Waals surface area contributed by atoms with Crippen molar-refractivity contribution >= 4 is 12.0 Å². The fraction of sp³-hybridized carbons (Fsp3) is 0.182. The summed E-state index contributed by atoms with van der Waals surface area (Å²) < 4.78 is 9.35. The van der Waals surface area contributed by atoms with Gasteiger partial charge in [0.1, 0.15) is 11.5 Å². The Kier molecular flexibility index (Phi) is 3.74. The van der Waals surface area contributed by atoms with Gasteiger partial charge in [-0.25, -0.2) is 4.79 Å². The van der Waals surface area contributed by atoms with Gasteiger partial charge in [-0.2, -0.15) is 0 Å². The SMILES string of the molecule is COC(=O)C=Cc1ccc(OC)cc1O. The van der Waals surface area contributed by atoms with E-state index in [0.717, 1.165) is 0 Å². The van der Waals surface area contributed by atoms with Crippen LogP contribution in [0, 0.1) is 0 Å². The fourth-order valence-corrected chi connectivity index (χ4v) is 1.02. The molecule has 0 atom stereocenters. The van der Waals surface area contributed by atoms with Crippen LogP contribution in [0.3, 0.4) is 0 Å². The molecule has 0 radical (unpaired) electrons. The Bertz CT molecular complexity index is 382. The minimum absolute atomic E-state index is 0.0505. The van der Waals surface area contributed by atoms with E-state index in [-0.39, 0.29) is 5.75 Å². The van der Waals surface area contributed by atoms with Gasteiger partial charge in [-0.1, -0.05) is 0 Å². The average Bonchev–Trinajstić information content (AvgIpc) is 2.26. The van der Waals surface area contributed by atoms with Crippen molar-refractivity contribution in [1.82, 2.24) is 0 Å². The molecule has 0 saturated carbocycles. The number of phenolic OH excluding ortho intramolecular Hbond substituents is 1. The normalized spacial score (nSPS) is 10.3. The van der Waals surface area contributed by atoms with E-state index in [2.05, 4.69) is 4.74 Å².